The zero-order valence-corrected chi connectivity index (χ0v) is 24.2. The predicted molar refractivity (Wildman–Crippen MR) is 147 cm³/mol. The van der Waals surface area contributed by atoms with E-state index in [4.69, 9.17) is 10.3 Å². The molecule has 0 aliphatic heterocycles. The summed E-state index contributed by atoms with van der Waals surface area (Å²) in [6.07, 6.45) is -0.431. The lowest BCUT2D eigenvalue weighted by molar-refractivity contribution is -0.147. The van der Waals surface area contributed by atoms with Gasteiger partial charge in [0.05, 0.1) is 17.0 Å². The van der Waals surface area contributed by atoms with Crippen molar-refractivity contribution in [3.8, 4) is 5.75 Å². The van der Waals surface area contributed by atoms with Crippen LogP contribution < -0.4 is 10.6 Å². The van der Waals surface area contributed by atoms with Gasteiger partial charge in [-0.3, -0.25) is 14.4 Å². The molecule has 0 saturated heterocycles. The molecule has 3 atom stereocenters. The van der Waals surface area contributed by atoms with Crippen LogP contribution in [0.1, 0.15) is 41.0 Å². The van der Waals surface area contributed by atoms with Crippen molar-refractivity contribution >= 4 is 38.8 Å². The maximum atomic E-state index is 13.8. The van der Waals surface area contributed by atoms with Gasteiger partial charge in [0.2, 0.25) is 5.78 Å². The number of Topliss-reactive ketones (excluding diaryl/α,β-unsaturated/α-hetero) is 2. The Bertz CT molecular complexity index is 1730. The third-order valence-electron chi connectivity index (χ3n) is 8.52. The SMILES string of the molecule is Cc1noc(C)c1S(=O)(=O)CCc1cc(N(C)C)c2c(c1O)C(O)=C1C(=O)[C@]3(O)C(O)=C(C(N)=O)C(=O)C[C@@H]3C[C@@H]1C2. The summed E-state index contributed by atoms with van der Waals surface area (Å²) >= 11 is 0. The first-order chi connectivity index (χ1) is 19.5. The minimum atomic E-state index is -3.87. The fourth-order valence-electron chi connectivity index (χ4n) is 6.58. The molecule has 1 aromatic heterocycles. The number of nitrogens with two attached hydrogens (primary N) is 1. The summed E-state index contributed by atoms with van der Waals surface area (Å²) in [4.78, 5) is 39.9. The van der Waals surface area contributed by atoms with E-state index in [-0.39, 0.29) is 52.3 Å². The van der Waals surface area contributed by atoms with Crippen molar-refractivity contribution in [2.45, 2.75) is 50.0 Å². The molecule has 224 valence electrons. The molecule has 1 fully saturated rings. The lowest BCUT2D eigenvalue weighted by atomic mass is 9.59. The van der Waals surface area contributed by atoms with Crippen LogP contribution in [0.2, 0.25) is 0 Å². The van der Waals surface area contributed by atoms with Crippen molar-refractivity contribution in [1.29, 1.82) is 0 Å². The first-order valence-electron chi connectivity index (χ1n) is 13.2. The third kappa shape index (κ3) is 4.11. The minimum absolute atomic E-state index is 0.00792. The number of anilines is 1. The zero-order chi connectivity index (χ0) is 31.0. The number of aliphatic hydroxyl groups excluding tert-OH is 2. The fourth-order valence-corrected chi connectivity index (χ4v) is 8.23. The summed E-state index contributed by atoms with van der Waals surface area (Å²) in [7, 11) is -0.418. The van der Waals surface area contributed by atoms with Crippen LogP contribution in [0, 0.1) is 25.7 Å². The molecule has 6 N–H and O–H groups in total. The topological polar surface area (TPSA) is 222 Å². The average molecular weight is 602 g/mol. The second-order valence-corrected chi connectivity index (χ2v) is 13.3. The number of hydrogen-bond acceptors (Lipinski definition) is 12. The van der Waals surface area contributed by atoms with Crippen LogP contribution in [0.25, 0.3) is 5.76 Å². The van der Waals surface area contributed by atoms with Crippen LogP contribution in [0.3, 0.4) is 0 Å². The normalized spacial score (nSPS) is 23.9. The number of aromatic hydroxyl groups is 1. The van der Waals surface area contributed by atoms with Crippen molar-refractivity contribution in [3.63, 3.8) is 0 Å². The first-order valence-corrected chi connectivity index (χ1v) is 14.9. The van der Waals surface area contributed by atoms with Gasteiger partial charge in [0.25, 0.3) is 5.91 Å². The molecule has 14 heteroatoms. The van der Waals surface area contributed by atoms with Gasteiger partial charge in [0, 0.05) is 37.7 Å². The van der Waals surface area contributed by atoms with Crippen molar-refractivity contribution < 1.29 is 47.8 Å². The highest BCUT2D eigenvalue weighted by molar-refractivity contribution is 7.91. The van der Waals surface area contributed by atoms with Crippen molar-refractivity contribution in [3.05, 3.63) is 51.1 Å². The highest BCUT2D eigenvalue weighted by Crippen LogP contribution is 2.53. The molecular weight excluding hydrogens is 570 g/mol. The molecule has 2 aromatic rings. The number of fused-ring (bicyclic) bond motifs is 3. The quantitative estimate of drug-likeness (QED) is 0.294. The molecule has 3 aliphatic rings. The number of phenols is 1. The Labute approximate surface area is 240 Å². The van der Waals surface area contributed by atoms with Gasteiger partial charge < -0.3 is 35.6 Å². The van der Waals surface area contributed by atoms with Crippen LogP contribution >= 0.6 is 0 Å². The van der Waals surface area contributed by atoms with Crippen LogP contribution in [0.4, 0.5) is 5.69 Å². The smallest absolute Gasteiger partial charge is 0.255 e. The average Bonchev–Trinajstić information content (AvgIpc) is 3.23. The van der Waals surface area contributed by atoms with E-state index in [1.165, 1.54) is 13.8 Å². The highest BCUT2D eigenvalue weighted by Gasteiger charge is 2.60. The van der Waals surface area contributed by atoms with E-state index in [0.717, 1.165) is 0 Å². The maximum absolute atomic E-state index is 13.8. The van der Waals surface area contributed by atoms with Gasteiger partial charge in [0.15, 0.2) is 27.0 Å². The monoisotopic (exact) mass is 601 g/mol. The number of rotatable bonds is 6. The van der Waals surface area contributed by atoms with E-state index in [2.05, 4.69) is 5.16 Å². The van der Waals surface area contributed by atoms with E-state index >= 15 is 0 Å². The van der Waals surface area contributed by atoms with Crippen LogP contribution in [-0.4, -0.2) is 76.9 Å². The van der Waals surface area contributed by atoms with Crippen LogP contribution in [-0.2, 0) is 37.1 Å². The molecule has 42 heavy (non-hydrogen) atoms. The lowest BCUT2D eigenvalue weighted by Gasteiger charge is -2.46. The third-order valence-corrected chi connectivity index (χ3v) is 10.5. The van der Waals surface area contributed by atoms with E-state index in [0.29, 0.717) is 11.3 Å². The number of primary amides is 1. The Balaban J connectivity index is 1.63. The van der Waals surface area contributed by atoms with Gasteiger partial charge >= 0.3 is 0 Å². The number of nitrogens with zero attached hydrogens (tertiary/aromatic N) is 2. The summed E-state index contributed by atoms with van der Waals surface area (Å²) in [5, 5.41) is 48.7. The predicted octanol–water partition coefficient (Wildman–Crippen LogP) is 1.11. The number of aliphatic hydroxyl groups is 3. The van der Waals surface area contributed by atoms with E-state index in [1.807, 2.05) is 0 Å². The Hall–Kier alpha value is -4.17. The number of sulfone groups is 1. The largest absolute Gasteiger partial charge is 0.508 e. The number of carbonyl (C=O) groups excluding carboxylic acids is 3. The van der Waals surface area contributed by atoms with E-state index in [1.54, 1.807) is 25.1 Å². The van der Waals surface area contributed by atoms with Gasteiger partial charge in [-0.05, 0) is 56.2 Å². The van der Waals surface area contributed by atoms with Gasteiger partial charge in [-0.25, -0.2) is 8.42 Å². The fraction of sp³-hybridized carbons (Fsp3) is 0.429. The Morgan fingerprint density at radius 1 is 1.19 bits per heavy atom. The number of hydrogen-bond donors (Lipinski definition) is 5. The summed E-state index contributed by atoms with van der Waals surface area (Å²) in [6.45, 7) is 2.99. The number of amides is 1. The minimum Gasteiger partial charge on any atom is -0.508 e. The second kappa shape index (κ2) is 9.70. The number of benzene rings is 1. The number of aromatic nitrogens is 1. The second-order valence-electron chi connectivity index (χ2n) is 11.3. The molecule has 1 heterocycles. The molecule has 1 amide bonds. The number of carbonyl (C=O) groups is 3. The summed E-state index contributed by atoms with van der Waals surface area (Å²) in [6, 6.07) is 1.62. The molecule has 0 unspecified atom stereocenters. The Morgan fingerprint density at radius 3 is 2.43 bits per heavy atom. The molecule has 0 spiro atoms. The molecule has 3 aliphatic carbocycles. The summed E-state index contributed by atoms with van der Waals surface area (Å²) in [5.74, 6) is -7.46. The highest BCUT2D eigenvalue weighted by atomic mass is 32.2. The van der Waals surface area contributed by atoms with Gasteiger partial charge in [0.1, 0.15) is 27.7 Å². The molecule has 5 rings (SSSR count). The number of aryl methyl sites for hydroxylation is 3. The van der Waals surface area contributed by atoms with Crippen LogP contribution in [0.5, 0.6) is 5.75 Å². The molecule has 0 radical (unpaired) electrons. The van der Waals surface area contributed by atoms with Crippen molar-refractivity contribution in [1.82, 2.24) is 5.16 Å². The molecule has 1 aromatic carbocycles. The Kier molecular flexibility index (Phi) is 6.77. The zero-order valence-electron chi connectivity index (χ0n) is 23.4. The summed E-state index contributed by atoms with van der Waals surface area (Å²) < 4.78 is 31.2. The van der Waals surface area contributed by atoms with Crippen molar-refractivity contribution in [2.24, 2.45) is 17.6 Å². The van der Waals surface area contributed by atoms with Gasteiger partial charge in [-0.2, -0.15) is 0 Å². The van der Waals surface area contributed by atoms with E-state index < -0.39 is 79.8 Å². The summed E-state index contributed by atoms with van der Waals surface area (Å²) in [5.41, 5.74) is 2.76. The molecular formula is C28H31N3O10S. The van der Waals surface area contributed by atoms with Crippen LogP contribution in [0.15, 0.2) is 32.4 Å². The maximum Gasteiger partial charge on any atom is 0.255 e. The molecule has 0 bridgehead atoms. The van der Waals surface area contributed by atoms with Gasteiger partial charge in [-0.1, -0.05) is 5.16 Å². The first kappa shape index (κ1) is 29.3. The number of ketones is 2. The number of phenolic OH excluding ortho intramolecular Hbond substituents is 1. The molecule has 13 nitrogen and oxygen atoms in total. The van der Waals surface area contributed by atoms with Crippen molar-refractivity contribution in [2.75, 3.05) is 24.7 Å². The lowest BCUT2D eigenvalue weighted by Crippen LogP contribution is -2.58. The van der Waals surface area contributed by atoms with Gasteiger partial charge in [-0.15, -0.1) is 0 Å². The Morgan fingerprint density at radius 2 is 1.86 bits per heavy atom. The standard InChI is InChI=1S/C28H31N3O10S/c1-11-24(12(2)41-30-11)42(39,40)6-5-13-9-17(31(3)4)16-8-14-7-15-10-18(32)21(27(29)37)26(36)28(15,38)25(35)19(14)23(34)20(16)22(13)33/h9,14-15,33-34,36,38H,5-8,10H2,1-4H3,(H2,29,37)/t14-,15+,28+/m1/s1. The molecule has 1 saturated carbocycles. The van der Waals surface area contributed by atoms with E-state index in [9.17, 15) is 43.2 Å².